The van der Waals surface area contributed by atoms with E-state index >= 15 is 0 Å². The zero-order chi connectivity index (χ0) is 11.5. The van der Waals surface area contributed by atoms with E-state index in [1.165, 1.54) is 12.8 Å². The summed E-state index contributed by atoms with van der Waals surface area (Å²) in [6.45, 7) is 3.96. The van der Waals surface area contributed by atoms with E-state index in [9.17, 15) is 0 Å². The van der Waals surface area contributed by atoms with Gasteiger partial charge >= 0.3 is 0 Å². The summed E-state index contributed by atoms with van der Waals surface area (Å²) in [4.78, 5) is 10.6. The molecule has 1 aromatic heterocycles. The van der Waals surface area contributed by atoms with Crippen LogP contribution in [-0.4, -0.2) is 36.1 Å². The highest BCUT2D eigenvalue weighted by molar-refractivity contribution is 6.30. The van der Waals surface area contributed by atoms with Crippen LogP contribution in [0.15, 0.2) is 6.20 Å². The molecule has 1 N–H and O–H groups in total. The first-order valence-electron chi connectivity index (χ1n) is 5.60. The minimum absolute atomic E-state index is 0.538. The molecule has 1 aliphatic rings. The van der Waals surface area contributed by atoms with Crippen LogP contribution in [-0.2, 0) is 0 Å². The Hall–Kier alpha value is -0.870. The molecule has 1 aromatic rings. The fourth-order valence-electron chi connectivity index (χ4n) is 1.92. The predicted molar refractivity (Wildman–Crippen MR) is 66.1 cm³/mol. The molecular weight excluding hydrogens is 224 g/mol. The maximum Gasteiger partial charge on any atom is 0.226 e. The molecule has 0 spiro atoms. The number of anilines is 1. The van der Waals surface area contributed by atoms with E-state index in [-0.39, 0.29) is 0 Å². The van der Waals surface area contributed by atoms with Crippen molar-refractivity contribution in [3.05, 3.63) is 16.9 Å². The molecule has 0 amide bonds. The smallest absolute Gasteiger partial charge is 0.226 e. The van der Waals surface area contributed by atoms with E-state index in [0.717, 1.165) is 18.7 Å². The molecule has 0 bridgehead atoms. The van der Waals surface area contributed by atoms with Gasteiger partial charge in [-0.1, -0.05) is 11.6 Å². The first-order valence-corrected chi connectivity index (χ1v) is 5.98. The van der Waals surface area contributed by atoms with Crippen LogP contribution >= 0.6 is 11.6 Å². The van der Waals surface area contributed by atoms with Gasteiger partial charge < -0.3 is 10.2 Å². The van der Waals surface area contributed by atoms with E-state index in [0.29, 0.717) is 17.1 Å². The Labute approximate surface area is 101 Å². The summed E-state index contributed by atoms with van der Waals surface area (Å²) in [6, 6.07) is 0.550. The third kappa shape index (κ3) is 2.62. The van der Waals surface area contributed by atoms with Crippen LogP contribution < -0.4 is 10.2 Å². The number of likely N-dealkylation sites (N-methyl/N-ethyl adjacent to an activating group) is 1. The molecular formula is C11H17ClN4. The van der Waals surface area contributed by atoms with Crippen molar-refractivity contribution in [1.82, 2.24) is 15.3 Å². The van der Waals surface area contributed by atoms with Gasteiger partial charge in [-0.3, -0.25) is 0 Å². The Bertz CT molecular complexity index is 363. The van der Waals surface area contributed by atoms with Crippen LogP contribution in [0.2, 0.25) is 5.15 Å². The first kappa shape index (κ1) is 11.6. The average Bonchev–Trinajstić information content (AvgIpc) is 2.74. The second-order valence-corrected chi connectivity index (χ2v) is 4.68. The van der Waals surface area contributed by atoms with Crippen LogP contribution in [0.4, 0.5) is 5.95 Å². The van der Waals surface area contributed by atoms with Gasteiger partial charge in [-0.25, -0.2) is 9.97 Å². The number of nitrogens with one attached hydrogen (secondary N) is 1. The fourth-order valence-corrected chi connectivity index (χ4v) is 2.05. The monoisotopic (exact) mass is 240 g/mol. The molecule has 16 heavy (non-hydrogen) atoms. The van der Waals surface area contributed by atoms with Crippen molar-refractivity contribution in [3.8, 4) is 0 Å². The van der Waals surface area contributed by atoms with Crippen molar-refractivity contribution in [2.24, 2.45) is 0 Å². The first-order chi connectivity index (χ1) is 7.66. The number of aryl methyl sites for hydroxylation is 1. The maximum absolute atomic E-state index is 5.98. The Morgan fingerprint density at radius 3 is 3.06 bits per heavy atom. The number of aromatic nitrogens is 2. The lowest BCUT2D eigenvalue weighted by Crippen LogP contribution is -2.36. The molecule has 5 heteroatoms. The van der Waals surface area contributed by atoms with Gasteiger partial charge in [-0.2, -0.15) is 0 Å². The number of hydrogen-bond acceptors (Lipinski definition) is 4. The fraction of sp³-hybridized carbons (Fsp3) is 0.636. The lowest BCUT2D eigenvalue weighted by molar-refractivity contribution is 0.594. The van der Waals surface area contributed by atoms with Crippen LogP contribution in [0.1, 0.15) is 18.4 Å². The summed E-state index contributed by atoms with van der Waals surface area (Å²) in [5.41, 5.74) is 0.915. The van der Waals surface area contributed by atoms with Gasteiger partial charge in [0.25, 0.3) is 0 Å². The van der Waals surface area contributed by atoms with Gasteiger partial charge in [0.2, 0.25) is 5.95 Å². The quantitative estimate of drug-likeness (QED) is 0.816. The second kappa shape index (κ2) is 4.97. The van der Waals surface area contributed by atoms with Gasteiger partial charge in [-0.05, 0) is 26.3 Å². The average molecular weight is 241 g/mol. The zero-order valence-corrected chi connectivity index (χ0v) is 10.5. The van der Waals surface area contributed by atoms with E-state index in [2.05, 4.69) is 15.3 Å². The minimum atomic E-state index is 0.538. The summed E-state index contributed by atoms with van der Waals surface area (Å²) in [6.07, 6.45) is 4.25. The molecule has 4 nitrogen and oxygen atoms in total. The molecule has 0 aromatic carbocycles. The van der Waals surface area contributed by atoms with Gasteiger partial charge in [-0.15, -0.1) is 0 Å². The lowest BCUT2D eigenvalue weighted by atomic mass is 10.2. The van der Waals surface area contributed by atoms with Gasteiger partial charge in [0, 0.05) is 31.4 Å². The number of halogens is 1. The maximum atomic E-state index is 5.98. The molecule has 1 fully saturated rings. The number of rotatable bonds is 3. The molecule has 2 rings (SSSR count). The highest BCUT2D eigenvalue weighted by Crippen LogP contribution is 2.15. The highest BCUT2D eigenvalue weighted by Gasteiger charge is 2.17. The van der Waals surface area contributed by atoms with Crippen LogP contribution in [0.25, 0.3) is 0 Å². The molecule has 0 aliphatic carbocycles. The molecule has 88 valence electrons. The molecule has 2 heterocycles. The predicted octanol–water partition coefficient (Wildman–Crippen LogP) is 1.63. The molecule has 1 atom stereocenters. The third-order valence-corrected chi connectivity index (χ3v) is 3.28. The molecule has 0 unspecified atom stereocenters. The van der Waals surface area contributed by atoms with Crippen molar-refractivity contribution >= 4 is 17.5 Å². The molecule has 0 saturated carbocycles. The standard InChI is InChI=1S/C11H17ClN4/c1-8-6-14-11(15-10(8)12)16(2)7-9-4-3-5-13-9/h6,9,13H,3-5,7H2,1-2H3/t9-/m1/s1. The SMILES string of the molecule is Cc1cnc(N(C)C[C@H]2CCCN2)nc1Cl. The van der Waals surface area contributed by atoms with E-state index in [1.807, 2.05) is 18.9 Å². The van der Waals surface area contributed by atoms with Crippen molar-refractivity contribution in [2.75, 3.05) is 25.0 Å². The van der Waals surface area contributed by atoms with E-state index in [1.54, 1.807) is 6.20 Å². The van der Waals surface area contributed by atoms with Crippen molar-refractivity contribution in [3.63, 3.8) is 0 Å². The Morgan fingerprint density at radius 1 is 1.62 bits per heavy atom. The Kier molecular flexibility index (Phi) is 3.61. The molecule has 1 saturated heterocycles. The van der Waals surface area contributed by atoms with E-state index < -0.39 is 0 Å². The van der Waals surface area contributed by atoms with Crippen molar-refractivity contribution in [1.29, 1.82) is 0 Å². The molecule has 1 aliphatic heterocycles. The van der Waals surface area contributed by atoms with Crippen molar-refractivity contribution < 1.29 is 0 Å². The molecule has 0 radical (unpaired) electrons. The lowest BCUT2D eigenvalue weighted by Gasteiger charge is -2.21. The zero-order valence-electron chi connectivity index (χ0n) is 9.70. The number of hydrogen-bond donors (Lipinski definition) is 1. The summed E-state index contributed by atoms with van der Waals surface area (Å²) in [7, 11) is 2.00. The summed E-state index contributed by atoms with van der Waals surface area (Å²) >= 11 is 5.98. The largest absolute Gasteiger partial charge is 0.342 e. The summed E-state index contributed by atoms with van der Waals surface area (Å²) < 4.78 is 0. The normalized spacial score (nSPS) is 20.1. The van der Waals surface area contributed by atoms with E-state index in [4.69, 9.17) is 11.6 Å². The summed E-state index contributed by atoms with van der Waals surface area (Å²) in [5, 5.41) is 3.99. The van der Waals surface area contributed by atoms with Crippen LogP contribution in [0.3, 0.4) is 0 Å². The second-order valence-electron chi connectivity index (χ2n) is 4.32. The topological polar surface area (TPSA) is 41.1 Å². The number of nitrogens with zero attached hydrogens (tertiary/aromatic N) is 3. The van der Waals surface area contributed by atoms with Gasteiger partial charge in [0.15, 0.2) is 0 Å². The third-order valence-electron chi connectivity index (χ3n) is 2.90. The Morgan fingerprint density at radius 2 is 2.44 bits per heavy atom. The highest BCUT2D eigenvalue weighted by atomic mass is 35.5. The minimum Gasteiger partial charge on any atom is -0.342 e. The Balaban J connectivity index is 2.02. The van der Waals surface area contributed by atoms with Crippen LogP contribution in [0, 0.1) is 6.92 Å². The van der Waals surface area contributed by atoms with Crippen LogP contribution in [0.5, 0.6) is 0 Å². The van der Waals surface area contributed by atoms with Crippen molar-refractivity contribution in [2.45, 2.75) is 25.8 Å². The van der Waals surface area contributed by atoms with Gasteiger partial charge in [0.1, 0.15) is 5.15 Å². The summed E-state index contributed by atoms with van der Waals surface area (Å²) in [5.74, 6) is 0.698. The van der Waals surface area contributed by atoms with Gasteiger partial charge in [0.05, 0.1) is 0 Å².